The van der Waals surface area contributed by atoms with Gasteiger partial charge in [0.2, 0.25) is 0 Å². The van der Waals surface area contributed by atoms with Gasteiger partial charge in [0.15, 0.2) is 9.76 Å². The Bertz CT molecular complexity index is 316. The Balaban J connectivity index is 5.58. The molecule has 0 radical (unpaired) electrons. The van der Waals surface area contributed by atoms with E-state index in [0.717, 1.165) is 26.2 Å². The molecule has 4 nitrogen and oxygen atoms in total. The van der Waals surface area contributed by atoms with Crippen molar-refractivity contribution in [1.29, 1.82) is 0 Å². The van der Waals surface area contributed by atoms with Gasteiger partial charge < -0.3 is 19.1 Å². The van der Waals surface area contributed by atoms with E-state index in [1.54, 1.807) is 0 Å². The molecule has 0 atom stereocenters. The van der Waals surface area contributed by atoms with Gasteiger partial charge in [-0.3, -0.25) is 0 Å². The summed E-state index contributed by atoms with van der Waals surface area (Å²) in [6, 6.07) is 1.30. The van der Waals surface area contributed by atoms with Crippen molar-refractivity contribution in [3.8, 4) is 0 Å². The first-order valence-electron chi connectivity index (χ1n) is 12.8. The fourth-order valence-corrected chi connectivity index (χ4v) is 5.90. The minimum absolute atomic E-state index is 0.333. The Morgan fingerprint density at radius 2 is 1.03 bits per heavy atom. The first kappa shape index (κ1) is 29.1. The molecule has 0 bridgehead atoms. The van der Waals surface area contributed by atoms with Crippen LogP contribution in [0.15, 0.2) is 0 Å². The molecule has 176 valence electrons. The van der Waals surface area contributed by atoms with E-state index in [1.165, 1.54) is 77.4 Å². The predicted molar refractivity (Wildman–Crippen MR) is 134 cm³/mol. The van der Waals surface area contributed by atoms with Gasteiger partial charge in [0.1, 0.15) is 0 Å². The van der Waals surface area contributed by atoms with E-state index >= 15 is 0 Å². The lowest BCUT2D eigenvalue weighted by molar-refractivity contribution is 0.0688. The summed E-state index contributed by atoms with van der Waals surface area (Å²) in [4.78, 5) is 8.13. The second-order valence-electron chi connectivity index (χ2n) is 8.82. The standard InChI is InChI=1S/C24H55N3OSi/c1-8-15-19-28-29-23-24(20-25(12-5)16-9-2,21-26(13-6)17-10-3)22-27(14-7)18-11-4/h8-23,29H2,1-7H3. The van der Waals surface area contributed by atoms with Crippen LogP contribution in [0.1, 0.15) is 80.6 Å². The van der Waals surface area contributed by atoms with E-state index in [-0.39, 0.29) is 0 Å². The van der Waals surface area contributed by atoms with Gasteiger partial charge in [0.25, 0.3) is 0 Å². The average Bonchev–Trinajstić information content (AvgIpc) is 2.72. The van der Waals surface area contributed by atoms with Crippen LogP contribution in [-0.2, 0) is 4.43 Å². The highest BCUT2D eigenvalue weighted by molar-refractivity contribution is 6.27. The third kappa shape index (κ3) is 13.2. The third-order valence-corrected chi connectivity index (χ3v) is 7.90. The van der Waals surface area contributed by atoms with Crippen LogP contribution >= 0.6 is 0 Å². The van der Waals surface area contributed by atoms with Crippen LogP contribution < -0.4 is 0 Å². The van der Waals surface area contributed by atoms with E-state index in [9.17, 15) is 0 Å². The highest BCUT2D eigenvalue weighted by Gasteiger charge is 2.35. The molecule has 0 unspecified atom stereocenters. The fourth-order valence-electron chi connectivity index (χ4n) is 4.44. The zero-order valence-corrected chi connectivity index (χ0v) is 22.7. The molecule has 0 aliphatic rings. The monoisotopic (exact) mass is 429 g/mol. The molecule has 0 spiro atoms. The molecule has 0 aliphatic heterocycles. The lowest BCUT2D eigenvalue weighted by Crippen LogP contribution is -2.52. The molecule has 0 aromatic carbocycles. The lowest BCUT2D eigenvalue weighted by atomic mass is 9.87. The van der Waals surface area contributed by atoms with Crippen LogP contribution in [0.3, 0.4) is 0 Å². The van der Waals surface area contributed by atoms with Crippen molar-refractivity contribution in [1.82, 2.24) is 14.7 Å². The highest BCUT2D eigenvalue weighted by Crippen LogP contribution is 2.28. The first-order valence-corrected chi connectivity index (χ1v) is 14.4. The minimum Gasteiger partial charge on any atom is -0.424 e. The van der Waals surface area contributed by atoms with Crippen molar-refractivity contribution in [3.63, 3.8) is 0 Å². The molecular weight excluding hydrogens is 374 g/mol. The predicted octanol–water partition coefficient (Wildman–Crippen LogP) is 4.49. The number of unbranched alkanes of at least 4 members (excludes halogenated alkanes) is 1. The van der Waals surface area contributed by atoms with Gasteiger partial charge in [-0.15, -0.1) is 0 Å². The summed E-state index contributed by atoms with van der Waals surface area (Å²) in [6.07, 6.45) is 6.18. The zero-order valence-electron chi connectivity index (χ0n) is 21.3. The maximum Gasteiger partial charge on any atom is 0.162 e. The van der Waals surface area contributed by atoms with Gasteiger partial charge in [-0.25, -0.2) is 0 Å². The van der Waals surface area contributed by atoms with Gasteiger partial charge in [-0.05, 0) is 71.0 Å². The first-order chi connectivity index (χ1) is 14.0. The normalized spacial score (nSPS) is 13.0. The summed E-state index contributed by atoms with van der Waals surface area (Å²) in [6.45, 7) is 28.0. The molecule has 29 heavy (non-hydrogen) atoms. The Morgan fingerprint density at radius 3 is 1.34 bits per heavy atom. The van der Waals surface area contributed by atoms with Crippen LogP contribution in [0.4, 0.5) is 0 Å². The molecular formula is C24H55N3OSi. The molecule has 0 aliphatic carbocycles. The summed E-state index contributed by atoms with van der Waals surface area (Å²) < 4.78 is 6.24. The number of rotatable bonds is 21. The maximum atomic E-state index is 6.24. The van der Waals surface area contributed by atoms with Crippen molar-refractivity contribution in [2.24, 2.45) is 5.41 Å². The second-order valence-corrected chi connectivity index (χ2v) is 10.1. The largest absolute Gasteiger partial charge is 0.424 e. The molecule has 0 aromatic heterocycles. The molecule has 0 heterocycles. The Morgan fingerprint density at radius 1 is 0.621 bits per heavy atom. The van der Waals surface area contributed by atoms with Crippen molar-refractivity contribution in [2.75, 3.05) is 65.5 Å². The average molecular weight is 430 g/mol. The van der Waals surface area contributed by atoms with Gasteiger partial charge in [-0.1, -0.05) is 54.9 Å². The minimum atomic E-state index is -0.487. The van der Waals surface area contributed by atoms with Gasteiger partial charge >= 0.3 is 0 Å². The van der Waals surface area contributed by atoms with Gasteiger partial charge in [0, 0.05) is 31.7 Å². The number of hydrogen-bond donors (Lipinski definition) is 0. The fraction of sp³-hybridized carbons (Fsp3) is 1.00. The summed E-state index contributed by atoms with van der Waals surface area (Å²) in [5.74, 6) is 0. The molecule has 5 heteroatoms. The highest BCUT2D eigenvalue weighted by atomic mass is 28.2. The number of nitrogens with zero attached hydrogens (tertiary/aromatic N) is 3. The van der Waals surface area contributed by atoms with Crippen LogP contribution in [0.25, 0.3) is 0 Å². The van der Waals surface area contributed by atoms with E-state index in [2.05, 4.69) is 63.2 Å². The van der Waals surface area contributed by atoms with Crippen molar-refractivity contribution in [2.45, 2.75) is 86.6 Å². The Kier molecular flexibility index (Phi) is 18.8. The smallest absolute Gasteiger partial charge is 0.162 e. The maximum absolute atomic E-state index is 6.24. The van der Waals surface area contributed by atoms with Crippen molar-refractivity contribution in [3.05, 3.63) is 0 Å². The third-order valence-electron chi connectivity index (χ3n) is 6.06. The second kappa shape index (κ2) is 18.8. The summed E-state index contributed by atoms with van der Waals surface area (Å²) in [5.41, 5.74) is 0.333. The Hall–Kier alpha value is 0.0569. The Labute approximate surface area is 186 Å². The van der Waals surface area contributed by atoms with Crippen LogP contribution in [0, 0.1) is 5.41 Å². The van der Waals surface area contributed by atoms with E-state index in [1.807, 2.05) is 0 Å². The quantitative estimate of drug-likeness (QED) is 0.198. The molecule has 0 amide bonds. The molecule has 0 rings (SSSR count). The van der Waals surface area contributed by atoms with E-state index in [4.69, 9.17) is 4.43 Å². The lowest BCUT2D eigenvalue weighted by Gasteiger charge is -2.44. The SMILES string of the molecule is CCCCO[SiH2]CC(CN(CC)CCC)(CN(CC)CCC)CN(CC)CCC. The molecule has 0 aromatic rings. The van der Waals surface area contributed by atoms with E-state index in [0.29, 0.717) is 5.41 Å². The summed E-state index contributed by atoms with van der Waals surface area (Å²) in [7, 11) is -0.487. The van der Waals surface area contributed by atoms with Gasteiger partial charge in [-0.2, -0.15) is 0 Å². The van der Waals surface area contributed by atoms with Gasteiger partial charge in [0.05, 0.1) is 0 Å². The molecule has 0 fully saturated rings. The summed E-state index contributed by atoms with van der Waals surface area (Å²) >= 11 is 0. The molecule has 0 saturated heterocycles. The van der Waals surface area contributed by atoms with Crippen LogP contribution in [0.5, 0.6) is 0 Å². The zero-order chi connectivity index (χ0) is 22.0. The molecule has 0 saturated carbocycles. The molecule has 0 N–H and O–H groups in total. The van der Waals surface area contributed by atoms with E-state index < -0.39 is 9.76 Å². The van der Waals surface area contributed by atoms with Crippen molar-refractivity contribution >= 4 is 9.76 Å². The number of hydrogen-bond acceptors (Lipinski definition) is 4. The van der Waals surface area contributed by atoms with Crippen LogP contribution in [-0.4, -0.2) is 90.0 Å². The topological polar surface area (TPSA) is 19.0 Å². The van der Waals surface area contributed by atoms with Crippen molar-refractivity contribution < 1.29 is 4.43 Å². The van der Waals surface area contributed by atoms with Crippen LogP contribution in [0.2, 0.25) is 6.04 Å². The summed E-state index contributed by atoms with van der Waals surface area (Å²) in [5, 5.41) is 0.